The summed E-state index contributed by atoms with van der Waals surface area (Å²) >= 11 is 0. The molecule has 0 aromatic carbocycles. The molecule has 0 aromatic rings. The van der Waals surface area contributed by atoms with E-state index >= 15 is 0 Å². The number of unbranched alkanes of at least 4 members (excludes halogenated alkanes) is 15. The average molecular weight is 357 g/mol. The van der Waals surface area contributed by atoms with Crippen molar-refractivity contribution in [2.24, 2.45) is 0 Å². The monoisotopic (exact) mass is 356 g/mol. The fraction of sp³-hybridized carbons (Fsp3) is 0.955. The summed E-state index contributed by atoms with van der Waals surface area (Å²) in [6, 6.07) is 0. The molecule has 0 fully saturated rings. The summed E-state index contributed by atoms with van der Waals surface area (Å²) in [7, 11) is 0. The fourth-order valence-electron chi connectivity index (χ4n) is 3.00. The van der Waals surface area contributed by atoms with Crippen LogP contribution in [0.15, 0.2) is 0 Å². The third kappa shape index (κ3) is 21.2. The molecule has 0 spiro atoms. The maximum Gasteiger partial charge on any atom is 0.508 e. The van der Waals surface area contributed by atoms with Crippen LogP contribution in [0.2, 0.25) is 0 Å². The van der Waals surface area contributed by atoms with E-state index in [0.29, 0.717) is 13.2 Å². The standard InChI is InChI=1S/C22H44O3/c1-3-5-7-9-11-13-15-17-19-21-25-22(23)24-20-18-16-14-12-10-8-6-4-2/h3-21H2,1-2H3. The van der Waals surface area contributed by atoms with Crippen LogP contribution in [0.1, 0.15) is 123 Å². The SMILES string of the molecule is CCCCCCCCCCCOC(=O)OCCCCCCCCCC. The van der Waals surface area contributed by atoms with Crippen LogP contribution in [-0.2, 0) is 9.47 Å². The van der Waals surface area contributed by atoms with E-state index in [9.17, 15) is 4.79 Å². The van der Waals surface area contributed by atoms with Crippen molar-refractivity contribution in [3.8, 4) is 0 Å². The van der Waals surface area contributed by atoms with Crippen LogP contribution in [0.3, 0.4) is 0 Å². The topological polar surface area (TPSA) is 35.5 Å². The van der Waals surface area contributed by atoms with Gasteiger partial charge in [-0.05, 0) is 12.8 Å². The van der Waals surface area contributed by atoms with Crippen LogP contribution < -0.4 is 0 Å². The summed E-state index contributed by atoms with van der Waals surface area (Å²) in [5.41, 5.74) is 0. The normalized spacial score (nSPS) is 10.8. The Morgan fingerprint density at radius 1 is 0.480 bits per heavy atom. The Morgan fingerprint density at radius 2 is 0.760 bits per heavy atom. The number of rotatable bonds is 19. The van der Waals surface area contributed by atoms with E-state index in [-0.39, 0.29) is 0 Å². The van der Waals surface area contributed by atoms with Crippen molar-refractivity contribution < 1.29 is 14.3 Å². The van der Waals surface area contributed by atoms with Crippen LogP contribution in [0.5, 0.6) is 0 Å². The number of ether oxygens (including phenoxy) is 2. The van der Waals surface area contributed by atoms with Gasteiger partial charge in [-0.3, -0.25) is 0 Å². The Labute approximate surface area is 157 Å². The maximum absolute atomic E-state index is 11.4. The molecule has 0 aliphatic heterocycles. The predicted octanol–water partition coefficient (Wildman–Crippen LogP) is 7.81. The highest BCUT2D eigenvalue weighted by Crippen LogP contribution is 2.10. The van der Waals surface area contributed by atoms with Gasteiger partial charge in [-0.2, -0.15) is 0 Å². The first kappa shape index (κ1) is 24.3. The molecule has 0 saturated carbocycles. The number of hydrogen-bond acceptors (Lipinski definition) is 3. The Hall–Kier alpha value is -0.730. The Morgan fingerprint density at radius 3 is 1.08 bits per heavy atom. The quantitative estimate of drug-likeness (QED) is 0.175. The van der Waals surface area contributed by atoms with Gasteiger partial charge < -0.3 is 9.47 Å². The Kier molecular flexibility index (Phi) is 20.7. The second-order valence-electron chi connectivity index (χ2n) is 7.25. The highest BCUT2D eigenvalue weighted by molar-refractivity contribution is 5.59. The summed E-state index contributed by atoms with van der Waals surface area (Å²) in [6.07, 6.45) is 21.0. The van der Waals surface area contributed by atoms with E-state index in [1.165, 1.54) is 83.5 Å². The first-order valence-corrected chi connectivity index (χ1v) is 11.1. The summed E-state index contributed by atoms with van der Waals surface area (Å²) in [5, 5.41) is 0. The van der Waals surface area contributed by atoms with Gasteiger partial charge in [-0.1, -0.05) is 110 Å². The maximum atomic E-state index is 11.4. The largest absolute Gasteiger partial charge is 0.508 e. The number of carbonyl (C=O) groups is 1. The van der Waals surface area contributed by atoms with Gasteiger partial charge >= 0.3 is 6.16 Å². The van der Waals surface area contributed by atoms with Crippen LogP contribution in [0.25, 0.3) is 0 Å². The summed E-state index contributed by atoms with van der Waals surface area (Å²) in [6.45, 7) is 5.50. The average Bonchev–Trinajstić information content (AvgIpc) is 2.62. The predicted molar refractivity (Wildman–Crippen MR) is 107 cm³/mol. The molecule has 0 amide bonds. The Bertz CT molecular complexity index is 266. The zero-order valence-corrected chi connectivity index (χ0v) is 17.2. The molecule has 25 heavy (non-hydrogen) atoms. The summed E-state index contributed by atoms with van der Waals surface area (Å²) < 4.78 is 10.2. The van der Waals surface area contributed by atoms with Crippen LogP contribution >= 0.6 is 0 Å². The summed E-state index contributed by atoms with van der Waals surface area (Å²) in [4.78, 5) is 11.4. The van der Waals surface area contributed by atoms with Crippen molar-refractivity contribution in [2.75, 3.05) is 13.2 Å². The first-order valence-electron chi connectivity index (χ1n) is 11.1. The van der Waals surface area contributed by atoms with Crippen LogP contribution in [-0.4, -0.2) is 19.4 Å². The Balaban J connectivity index is 3.13. The molecule has 0 unspecified atom stereocenters. The van der Waals surface area contributed by atoms with E-state index in [1.807, 2.05) is 0 Å². The molecule has 0 aliphatic rings. The van der Waals surface area contributed by atoms with Crippen molar-refractivity contribution >= 4 is 6.16 Å². The van der Waals surface area contributed by atoms with Crippen molar-refractivity contribution in [1.29, 1.82) is 0 Å². The fourth-order valence-corrected chi connectivity index (χ4v) is 3.00. The van der Waals surface area contributed by atoms with Gasteiger partial charge in [0.1, 0.15) is 0 Å². The second-order valence-corrected chi connectivity index (χ2v) is 7.25. The highest BCUT2D eigenvalue weighted by atomic mass is 16.7. The van der Waals surface area contributed by atoms with E-state index in [0.717, 1.165) is 25.7 Å². The molecule has 0 atom stereocenters. The van der Waals surface area contributed by atoms with Crippen LogP contribution in [0.4, 0.5) is 4.79 Å². The molecule has 0 bridgehead atoms. The van der Waals surface area contributed by atoms with Gasteiger partial charge in [-0.15, -0.1) is 0 Å². The molecular weight excluding hydrogens is 312 g/mol. The lowest BCUT2D eigenvalue weighted by Crippen LogP contribution is -2.09. The van der Waals surface area contributed by atoms with Crippen molar-refractivity contribution in [1.82, 2.24) is 0 Å². The molecule has 0 saturated heterocycles. The lowest BCUT2D eigenvalue weighted by Gasteiger charge is -2.06. The molecule has 3 nitrogen and oxygen atoms in total. The third-order valence-corrected chi connectivity index (χ3v) is 4.69. The van der Waals surface area contributed by atoms with E-state index in [1.54, 1.807) is 0 Å². The van der Waals surface area contributed by atoms with E-state index < -0.39 is 6.16 Å². The van der Waals surface area contributed by atoms with Crippen molar-refractivity contribution in [3.05, 3.63) is 0 Å². The highest BCUT2D eigenvalue weighted by Gasteiger charge is 2.03. The van der Waals surface area contributed by atoms with Crippen molar-refractivity contribution in [3.63, 3.8) is 0 Å². The molecule has 0 radical (unpaired) electrons. The van der Waals surface area contributed by atoms with Gasteiger partial charge in [0.05, 0.1) is 13.2 Å². The lowest BCUT2D eigenvalue weighted by atomic mass is 10.1. The van der Waals surface area contributed by atoms with Gasteiger partial charge in [0.25, 0.3) is 0 Å². The van der Waals surface area contributed by atoms with Crippen molar-refractivity contribution in [2.45, 2.75) is 123 Å². The molecule has 3 heteroatoms. The molecular formula is C22H44O3. The van der Waals surface area contributed by atoms with Gasteiger partial charge in [0.2, 0.25) is 0 Å². The lowest BCUT2D eigenvalue weighted by molar-refractivity contribution is 0.0529. The minimum absolute atomic E-state index is 0.484. The minimum atomic E-state index is -0.484. The second kappa shape index (κ2) is 21.3. The molecule has 0 rings (SSSR count). The molecule has 0 aliphatic carbocycles. The summed E-state index contributed by atoms with van der Waals surface area (Å²) in [5.74, 6) is 0. The van der Waals surface area contributed by atoms with Gasteiger partial charge in [-0.25, -0.2) is 4.79 Å². The third-order valence-electron chi connectivity index (χ3n) is 4.69. The van der Waals surface area contributed by atoms with Gasteiger partial charge in [0.15, 0.2) is 0 Å². The first-order chi connectivity index (χ1) is 12.3. The zero-order chi connectivity index (χ0) is 18.4. The number of carbonyl (C=O) groups excluding carboxylic acids is 1. The van der Waals surface area contributed by atoms with Crippen LogP contribution in [0, 0.1) is 0 Å². The van der Waals surface area contributed by atoms with Gasteiger partial charge in [0, 0.05) is 0 Å². The molecule has 150 valence electrons. The number of hydrogen-bond donors (Lipinski definition) is 0. The smallest absolute Gasteiger partial charge is 0.434 e. The van der Waals surface area contributed by atoms with E-state index in [2.05, 4.69) is 13.8 Å². The van der Waals surface area contributed by atoms with E-state index in [4.69, 9.17) is 9.47 Å². The molecule has 0 aromatic heterocycles. The molecule has 0 heterocycles. The minimum Gasteiger partial charge on any atom is -0.434 e. The zero-order valence-electron chi connectivity index (χ0n) is 17.2. The molecule has 0 N–H and O–H groups in total.